The van der Waals surface area contributed by atoms with Crippen molar-refractivity contribution in [2.45, 2.75) is 12.8 Å². The number of rotatable bonds is 4. The van der Waals surface area contributed by atoms with E-state index >= 15 is 0 Å². The quantitative estimate of drug-likeness (QED) is 0.782. The second-order valence-electron chi connectivity index (χ2n) is 4.46. The topological polar surface area (TPSA) is 65.2 Å². The van der Waals surface area contributed by atoms with E-state index < -0.39 is 0 Å². The third kappa shape index (κ3) is 2.63. The van der Waals surface area contributed by atoms with Crippen molar-refractivity contribution >= 4 is 21.8 Å². The number of aromatic nitrogens is 1. The summed E-state index contributed by atoms with van der Waals surface area (Å²) in [4.78, 5) is 0. The summed E-state index contributed by atoms with van der Waals surface area (Å²) >= 11 is 3.46. The number of benzene rings is 1. The Hall–Kier alpha value is -2.01. The molecule has 3 aromatic rings. The highest BCUT2D eigenvalue weighted by molar-refractivity contribution is 9.10. The van der Waals surface area contributed by atoms with Gasteiger partial charge in [0.05, 0.1) is 17.5 Å². The maximum absolute atomic E-state index is 5.90. The van der Waals surface area contributed by atoms with Crippen molar-refractivity contribution in [3.8, 4) is 11.1 Å². The monoisotopic (exact) mass is 332 g/mol. The average Bonchev–Trinajstić information content (AvgIpc) is 3.06. The van der Waals surface area contributed by atoms with E-state index in [-0.39, 0.29) is 0 Å². The number of nitrogens with two attached hydrogens (primary N) is 1. The van der Waals surface area contributed by atoms with E-state index in [1.165, 1.54) is 0 Å². The summed E-state index contributed by atoms with van der Waals surface area (Å²) in [5.74, 6) is 1.27. The van der Waals surface area contributed by atoms with Crippen molar-refractivity contribution in [2.75, 3.05) is 5.73 Å². The van der Waals surface area contributed by atoms with Crippen LogP contribution in [0.4, 0.5) is 5.88 Å². The maximum Gasteiger partial charge on any atom is 0.230 e. The van der Waals surface area contributed by atoms with Gasteiger partial charge in [-0.15, -0.1) is 0 Å². The van der Waals surface area contributed by atoms with Gasteiger partial charge >= 0.3 is 0 Å². The van der Waals surface area contributed by atoms with Gasteiger partial charge in [-0.2, -0.15) is 0 Å². The number of anilines is 1. The van der Waals surface area contributed by atoms with Crippen LogP contribution in [0.5, 0.6) is 0 Å². The molecule has 0 bridgehead atoms. The van der Waals surface area contributed by atoms with Crippen LogP contribution in [0.3, 0.4) is 0 Å². The molecule has 0 radical (unpaired) electrons. The average molecular weight is 333 g/mol. The molecule has 0 saturated heterocycles. The molecule has 1 aromatic carbocycles. The smallest absolute Gasteiger partial charge is 0.230 e. The third-order valence-corrected chi connectivity index (χ3v) is 3.58. The van der Waals surface area contributed by atoms with E-state index in [1.54, 1.807) is 6.26 Å². The molecule has 0 atom stereocenters. The van der Waals surface area contributed by atoms with Crippen LogP contribution < -0.4 is 5.73 Å². The summed E-state index contributed by atoms with van der Waals surface area (Å²) < 4.78 is 11.5. The molecule has 4 nitrogen and oxygen atoms in total. The Balaban J connectivity index is 1.89. The van der Waals surface area contributed by atoms with Crippen LogP contribution >= 0.6 is 15.9 Å². The highest BCUT2D eigenvalue weighted by Crippen LogP contribution is 2.32. The van der Waals surface area contributed by atoms with Gasteiger partial charge in [-0.1, -0.05) is 33.2 Å². The molecule has 20 heavy (non-hydrogen) atoms. The van der Waals surface area contributed by atoms with Crippen LogP contribution in [0.25, 0.3) is 11.1 Å². The van der Waals surface area contributed by atoms with Gasteiger partial charge in [0.2, 0.25) is 5.88 Å². The van der Waals surface area contributed by atoms with Crippen molar-refractivity contribution in [3.05, 3.63) is 58.6 Å². The van der Waals surface area contributed by atoms with E-state index in [0.717, 1.165) is 39.9 Å². The molecule has 0 amide bonds. The summed E-state index contributed by atoms with van der Waals surface area (Å²) in [6, 6.07) is 11.7. The minimum Gasteiger partial charge on any atom is -0.469 e. The van der Waals surface area contributed by atoms with Crippen molar-refractivity contribution in [1.29, 1.82) is 0 Å². The molecule has 2 aromatic heterocycles. The van der Waals surface area contributed by atoms with E-state index in [9.17, 15) is 0 Å². The first-order valence-corrected chi connectivity index (χ1v) is 7.05. The first-order valence-electron chi connectivity index (χ1n) is 6.26. The standard InChI is InChI=1S/C15H13BrN2O2/c16-11-4-1-3-10(9-11)14-13(18-20-15(14)17)7-6-12-5-2-8-19-12/h1-5,8-9H,6-7,17H2. The number of halogens is 1. The number of hydrogen-bond donors (Lipinski definition) is 1. The fourth-order valence-electron chi connectivity index (χ4n) is 2.16. The molecule has 0 spiro atoms. The van der Waals surface area contributed by atoms with E-state index in [4.69, 9.17) is 14.7 Å². The van der Waals surface area contributed by atoms with Gasteiger partial charge in [-0.3, -0.25) is 0 Å². The predicted octanol–water partition coefficient (Wildman–Crippen LogP) is 4.06. The number of hydrogen-bond acceptors (Lipinski definition) is 4. The molecule has 3 rings (SSSR count). The Kier molecular flexibility index (Phi) is 3.60. The van der Waals surface area contributed by atoms with Crippen molar-refractivity contribution < 1.29 is 8.94 Å². The lowest BCUT2D eigenvalue weighted by Crippen LogP contribution is -1.94. The minimum atomic E-state index is 0.345. The first-order chi connectivity index (χ1) is 9.74. The Morgan fingerprint density at radius 3 is 2.80 bits per heavy atom. The molecule has 0 saturated carbocycles. The van der Waals surface area contributed by atoms with Crippen molar-refractivity contribution in [3.63, 3.8) is 0 Å². The molecule has 0 aliphatic carbocycles. The van der Waals surface area contributed by atoms with Gasteiger partial charge in [-0.05, 0) is 29.8 Å². The Morgan fingerprint density at radius 2 is 2.05 bits per heavy atom. The van der Waals surface area contributed by atoms with E-state index in [1.807, 2.05) is 36.4 Å². The van der Waals surface area contributed by atoms with Gasteiger partial charge in [-0.25, -0.2) is 0 Å². The molecule has 5 heteroatoms. The maximum atomic E-state index is 5.90. The molecule has 0 aliphatic heterocycles. The molecule has 0 aliphatic rings. The molecule has 102 valence electrons. The lowest BCUT2D eigenvalue weighted by molar-refractivity contribution is 0.425. The molecular formula is C15H13BrN2O2. The number of nitrogens with zero attached hydrogens (tertiary/aromatic N) is 1. The first kappa shape index (κ1) is 13.0. The fourth-order valence-corrected chi connectivity index (χ4v) is 2.56. The largest absolute Gasteiger partial charge is 0.469 e. The van der Waals surface area contributed by atoms with Crippen LogP contribution in [0.1, 0.15) is 11.5 Å². The molecule has 2 N–H and O–H groups in total. The molecule has 0 fully saturated rings. The highest BCUT2D eigenvalue weighted by Gasteiger charge is 2.16. The normalized spacial score (nSPS) is 10.8. The third-order valence-electron chi connectivity index (χ3n) is 3.09. The zero-order chi connectivity index (χ0) is 13.9. The SMILES string of the molecule is Nc1onc(CCc2ccco2)c1-c1cccc(Br)c1. The zero-order valence-electron chi connectivity index (χ0n) is 10.7. The van der Waals surface area contributed by atoms with Crippen molar-refractivity contribution in [2.24, 2.45) is 0 Å². The summed E-state index contributed by atoms with van der Waals surface area (Å²) in [7, 11) is 0. The Bertz CT molecular complexity index is 704. The Morgan fingerprint density at radius 1 is 1.15 bits per heavy atom. The van der Waals surface area contributed by atoms with Gasteiger partial charge in [0.25, 0.3) is 0 Å². The molecule has 2 heterocycles. The number of aryl methyl sites for hydroxylation is 2. The summed E-state index contributed by atoms with van der Waals surface area (Å²) in [6.07, 6.45) is 3.15. The van der Waals surface area contributed by atoms with Crippen LogP contribution in [0.15, 0.2) is 56.1 Å². The second kappa shape index (κ2) is 5.54. The summed E-state index contributed by atoms with van der Waals surface area (Å²) in [5.41, 5.74) is 8.60. The molecule has 0 unspecified atom stereocenters. The van der Waals surface area contributed by atoms with Crippen LogP contribution in [0.2, 0.25) is 0 Å². The van der Waals surface area contributed by atoms with E-state index in [0.29, 0.717) is 5.88 Å². The van der Waals surface area contributed by atoms with Crippen molar-refractivity contribution in [1.82, 2.24) is 5.16 Å². The predicted molar refractivity (Wildman–Crippen MR) is 80.2 cm³/mol. The summed E-state index contributed by atoms with van der Waals surface area (Å²) in [5, 5.41) is 4.06. The Labute approximate surface area is 124 Å². The second-order valence-corrected chi connectivity index (χ2v) is 5.37. The summed E-state index contributed by atoms with van der Waals surface area (Å²) in [6.45, 7) is 0. The lowest BCUT2D eigenvalue weighted by atomic mass is 10.0. The van der Waals surface area contributed by atoms with Gasteiger partial charge < -0.3 is 14.7 Å². The van der Waals surface area contributed by atoms with Gasteiger partial charge in [0.1, 0.15) is 5.76 Å². The van der Waals surface area contributed by atoms with Crippen LogP contribution in [0, 0.1) is 0 Å². The minimum absolute atomic E-state index is 0.345. The van der Waals surface area contributed by atoms with Crippen LogP contribution in [-0.2, 0) is 12.8 Å². The zero-order valence-corrected chi connectivity index (χ0v) is 12.3. The fraction of sp³-hybridized carbons (Fsp3) is 0.133. The highest BCUT2D eigenvalue weighted by atomic mass is 79.9. The number of furan rings is 1. The molecular weight excluding hydrogens is 320 g/mol. The van der Waals surface area contributed by atoms with E-state index in [2.05, 4.69) is 21.1 Å². The lowest BCUT2D eigenvalue weighted by Gasteiger charge is -2.02. The van der Waals surface area contributed by atoms with Gasteiger partial charge in [0, 0.05) is 17.3 Å². The van der Waals surface area contributed by atoms with Crippen LogP contribution in [-0.4, -0.2) is 5.16 Å². The van der Waals surface area contributed by atoms with Gasteiger partial charge in [0.15, 0.2) is 0 Å². The number of nitrogen functional groups attached to an aromatic ring is 1.